The normalized spacial score (nSPS) is 10.8. The molecule has 0 amide bonds. The molecule has 52 heavy (non-hydrogen) atoms. The van der Waals surface area contributed by atoms with Crippen LogP contribution >= 0.6 is 17.0 Å². The van der Waals surface area contributed by atoms with Crippen LogP contribution in [0.15, 0.2) is 243 Å². The van der Waals surface area contributed by atoms with Crippen LogP contribution in [0.2, 0.25) is 0 Å². The molecule has 8 rings (SSSR count). The first-order valence-electron chi connectivity index (χ1n) is 17.6. The molecule has 0 nitrogen and oxygen atoms in total. The van der Waals surface area contributed by atoms with Gasteiger partial charge < -0.3 is 0 Å². The maximum atomic E-state index is 2.26. The van der Waals surface area contributed by atoms with Crippen LogP contribution in [0, 0.1) is 0 Å². The fraction of sp³-hybridized carbons (Fsp3) is 0. The summed E-state index contributed by atoms with van der Waals surface area (Å²) in [5.74, 6) is 0. The molecule has 0 unspecified atom stereocenters. The second-order valence-electron chi connectivity index (χ2n) is 13.0. The number of rotatable bonds is 8. The average Bonchev–Trinajstić information content (AvgIpc) is 3.22. The second kappa shape index (κ2) is 18.6. The molecule has 4 heteroatoms. The molecule has 0 radical (unpaired) electrons. The first kappa shape index (κ1) is 38.4. The van der Waals surface area contributed by atoms with Gasteiger partial charge in [0.1, 0.15) is 12.3 Å². The molecular formula is C48H41B2BrMg. The molecule has 0 aliphatic heterocycles. The van der Waals surface area contributed by atoms with Gasteiger partial charge in [0.2, 0.25) is 0 Å². The Hall–Kier alpha value is -4.86. The molecule has 0 atom stereocenters. The van der Waals surface area contributed by atoms with Crippen molar-refractivity contribution in [3.8, 4) is 0 Å². The van der Waals surface area contributed by atoms with Gasteiger partial charge in [-0.25, -0.2) is 0 Å². The summed E-state index contributed by atoms with van der Waals surface area (Å²) in [6.07, 6.45) is -2.43. The summed E-state index contributed by atoms with van der Waals surface area (Å²) in [6.45, 7) is 0. The van der Waals surface area contributed by atoms with E-state index in [0.29, 0.717) is 0 Å². The van der Waals surface area contributed by atoms with Crippen LogP contribution in [0.25, 0.3) is 0 Å². The van der Waals surface area contributed by atoms with Crippen molar-refractivity contribution in [3.63, 3.8) is 0 Å². The van der Waals surface area contributed by atoms with Crippen molar-refractivity contribution < 1.29 is 0 Å². The molecule has 8 aromatic carbocycles. The van der Waals surface area contributed by atoms with Crippen LogP contribution in [0.3, 0.4) is 0 Å². The number of hydrogen-bond donors (Lipinski definition) is 0. The fourth-order valence-electron chi connectivity index (χ4n) is 8.24. The van der Waals surface area contributed by atoms with Gasteiger partial charge in [0.25, 0.3) is 0 Å². The number of benzene rings is 8. The Kier molecular flexibility index (Phi) is 13.7. The van der Waals surface area contributed by atoms with Gasteiger partial charge in [-0.05, 0) is 0 Å². The minimum absolute atomic E-state index is 0. The van der Waals surface area contributed by atoms with E-state index < -0.39 is 12.3 Å². The van der Waals surface area contributed by atoms with Crippen LogP contribution in [-0.2, 0) is 0 Å². The third-order valence-corrected chi connectivity index (χ3v) is 10.4. The van der Waals surface area contributed by atoms with E-state index in [0.717, 1.165) is 0 Å². The first-order valence-corrected chi connectivity index (χ1v) is 17.6. The standard InChI is InChI=1S/2C24H20B.BrH.Mg/c2*1-5-13-21(14-6-1)25(22-15-7-2-8-16-22,23-17-9-3-10-18-23)24-19-11-4-12-20-24;;/h2*1-20H;1H;/q2*-1;;+2. The summed E-state index contributed by atoms with van der Waals surface area (Å²) in [6, 6.07) is 87.1. The van der Waals surface area contributed by atoms with Crippen molar-refractivity contribution in [2.75, 3.05) is 0 Å². The molecule has 8 aromatic rings. The molecule has 0 aliphatic rings. The van der Waals surface area contributed by atoms with Crippen molar-refractivity contribution in [2.24, 2.45) is 0 Å². The zero-order valence-electron chi connectivity index (χ0n) is 29.4. The molecule has 0 fully saturated rings. The zero-order chi connectivity index (χ0) is 33.9. The summed E-state index contributed by atoms with van der Waals surface area (Å²) >= 11 is 0. The van der Waals surface area contributed by atoms with Crippen molar-refractivity contribution in [1.82, 2.24) is 0 Å². The van der Waals surface area contributed by atoms with Gasteiger partial charge in [0.05, 0.1) is 0 Å². The van der Waals surface area contributed by atoms with E-state index in [9.17, 15) is 0 Å². The van der Waals surface area contributed by atoms with E-state index in [-0.39, 0.29) is 40.0 Å². The predicted octanol–water partition coefficient (Wildman–Crippen LogP) is 6.33. The summed E-state index contributed by atoms with van der Waals surface area (Å²) in [7, 11) is 0. The molecular weight excluding hydrogens is 702 g/mol. The minimum Gasteiger partial charge on any atom is -0.195 e. The van der Waals surface area contributed by atoms with E-state index >= 15 is 0 Å². The van der Waals surface area contributed by atoms with Gasteiger partial charge in [0.15, 0.2) is 0 Å². The minimum atomic E-state index is -1.22. The molecule has 0 aromatic heterocycles. The topological polar surface area (TPSA) is 0 Å². The van der Waals surface area contributed by atoms with Gasteiger partial charge >= 0.3 is 23.1 Å². The monoisotopic (exact) mass is 742 g/mol. The predicted molar refractivity (Wildman–Crippen MR) is 236 cm³/mol. The third kappa shape index (κ3) is 7.66. The van der Waals surface area contributed by atoms with Crippen molar-refractivity contribution in [1.29, 1.82) is 0 Å². The summed E-state index contributed by atoms with van der Waals surface area (Å²) in [5.41, 5.74) is 10.7. The molecule has 0 N–H and O–H groups in total. The maximum Gasteiger partial charge on any atom is 2.00 e. The van der Waals surface area contributed by atoms with Gasteiger partial charge in [-0.15, -0.1) is 17.0 Å². The molecule has 248 valence electrons. The van der Waals surface area contributed by atoms with Gasteiger partial charge in [0, 0.05) is 0 Å². The van der Waals surface area contributed by atoms with E-state index in [4.69, 9.17) is 0 Å². The Bertz CT molecular complexity index is 1680. The van der Waals surface area contributed by atoms with Gasteiger partial charge in [-0.2, -0.15) is 43.7 Å². The third-order valence-electron chi connectivity index (χ3n) is 10.4. The van der Waals surface area contributed by atoms with Crippen LogP contribution in [0.4, 0.5) is 0 Å². The SMILES string of the molecule is Br.[Mg+2].c1ccc([B-](c2ccccc2)(c2ccccc2)c2ccccc2)cc1.c1ccc([B-](c2ccccc2)(c2ccccc2)c2ccccc2)cc1. The van der Waals surface area contributed by atoms with Crippen LogP contribution < -0.4 is 43.7 Å². The average molecular weight is 744 g/mol. The van der Waals surface area contributed by atoms with E-state index in [1.54, 1.807) is 0 Å². The Morgan fingerprint density at radius 3 is 0.365 bits per heavy atom. The summed E-state index contributed by atoms with van der Waals surface area (Å²) in [5, 5.41) is 0. The van der Waals surface area contributed by atoms with Crippen molar-refractivity contribution in [2.45, 2.75) is 0 Å². The summed E-state index contributed by atoms with van der Waals surface area (Å²) in [4.78, 5) is 0. The van der Waals surface area contributed by atoms with Crippen molar-refractivity contribution >= 4 is 96.0 Å². The van der Waals surface area contributed by atoms with E-state index in [1.165, 1.54) is 43.7 Å². The van der Waals surface area contributed by atoms with Crippen LogP contribution in [0.5, 0.6) is 0 Å². The Labute approximate surface area is 336 Å². The van der Waals surface area contributed by atoms with Crippen LogP contribution in [0.1, 0.15) is 0 Å². The molecule has 0 aliphatic carbocycles. The van der Waals surface area contributed by atoms with E-state index in [2.05, 4.69) is 243 Å². The second-order valence-corrected chi connectivity index (χ2v) is 13.0. The zero-order valence-corrected chi connectivity index (χ0v) is 32.5. The first-order chi connectivity index (χ1) is 24.8. The van der Waals surface area contributed by atoms with E-state index in [1.807, 2.05) is 0 Å². The van der Waals surface area contributed by atoms with Crippen LogP contribution in [-0.4, -0.2) is 35.3 Å². The molecule has 0 bridgehead atoms. The Balaban J connectivity index is 0.000000194. The van der Waals surface area contributed by atoms with Crippen molar-refractivity contribution in [3.05, 3.63) is 243 Å². The fourth-order valence-corrected chi connectivity index (χ4v) is 8.24. The number of hydrogen-bond acceptors (Lipinski definition) is 0. The number of halogens is 1. The summed E-state index contributed by atoms with van der Waals surface area (Å²) < 4.78 is 0. The Morgan fingerprint density at radius 1 is 0.173 bits per heavy atom. The quantitative estimate of drug-likeness (QED) is 0.160. The largest absolute Gasteiger partial charge is 2.00 e. The van der Waals surface area contributed by atoms with Gasteiger partial charge in [-0.3, -0.25) is 0 Å². The smallest absolute Gasteiger partial charge is 0.195 e. The molecule has 0 spiro atoms. The molecule has 0 saturated carbocycles. The van der Waals surface area contributed by atoms with Gasteiger partial charge in [-0.1, -0.05) is 243 Å². The molecule has 0 heterocycles. The molecule has 0 saturated heterocycles. The Morgan fingerprint density at radius 2 is 0.269 bits per heavy atom. The maximum absolute atomic E-state index is 2.26.